The molecule has 0 radical (unpaired) electrons. The third kappa shape index (κ3) is 4.35. The lowest BCUT2D eigenvalue weighted by Gasteiger charge is -2.23. The minimum atomic E-state index is -4.36. The highest BCUT2D eigenvalue weighted by molar-refractivity contribution is 5.46. The van der Waals surface area contributed by atoms with Gasteiger partial charge in [0.2, 0.25) is 0 Å². The van der Waals surface area contributed by atoms with E-state index in [-0.39, 0.29) is 5.69 Å². The summed E-state index contributed by atoms with van der Waals surface area (Å²) in [5, 5.41) is 0. The monoisotopic (exact) mass is 301 g/mol. The van der Waals surface area contributed by atoms with Gasteiger partial charge in [-0.25, -0.2) is 0 Å². The Morgan fingerprint density at radius 2 is 1.76 bits per heavy atom. The highest BCUT2D eigenvalue weighted by Gasteiger charge is 2.33. The van der Waals surface area contributed by atoms with Crippen LogP contribution >= 0.6 is 0 Å². The van der Waals surface area contributed by atoms with Gasteiger partial charge in [-0.3, -0.25) is 4.90 Å². The van der Waals surface area contributed by atoms with Crippen LogP contribution in [0.15, 0.2) is 18.2 Å². The maximum atomic E-state index is 13.1. The molecular weight excluding hydrogens is 279 g/mol. The number of anilines is 1. The van der Waals surface area contributed by atoms with Crippen LogP contribution in [0.1, 0.15) is 24.5 Å². The van der Waals surface area contributed by atoms with Crippen LogP contribution in [0.2, 0.25) is 0 Å². The van der Waals surface area contributed by atoms with Gasteiger partial charge in [0, 0.05) is 25.3 Å². The van der Waals surface area contributed by atoms with Gasteiger partial charge >= 0.3 is 6.18 Å². The molecule has 1 aromatic carbocycles. The Hall–Kier alpha value is -1.27. The van der Waals surface area contributed by atoms with Gasteiger partial charge in [0.1, 0.15) is 0 Å². The summed E-state index contributed by atoms with van der Waals surface area (Å²) < 4.78 is 39.3. The molecule has 3 nitrogen and oxygen atoms in total. The number of nitrogens with zero attached hydrogens (tertiary/aromatic N) is 2. The summed E-state index contributed by atoms with van der Waals surface area (Å²) in [6.07, 6.45) is -3.36. The quantitative estimate of drug-likeness (QED) is 0.871. The second-order valence-corrected chi connectivity index (χ2v) is 5.48. The molecule has 0 aliphatic carbocycles. The average Bonchev–Trinajstić information content (AvgIpc) is 2.65. The number of likely N-dealkylation sites (N-methyl/N-ethyl adjacent to an activating group) is 1. The maximum absolute atomic E-state index is 13.1. The molecule has 1 saturated heterocycles. The summed E-state index contributed by atoms with van der Waals surface area (Å²) in [5.74, 6) is 0. The number of alkyl halides is 3. The minimum Gasteiger partial charge on any atom is -0.399 e. The summed E-state index contributed by atoms with van der Waals surface area (Å²) in [4.78, 5) is 4.42. The Morgan fingerprint density at radius 3 is 2.43 bits per heavy atom. The van der Waals surface area contributed by atoms with E-state index in [9.17, 15) is 13.2 Å². The van der Waals surface area contributed by atoms with Gasteiger partial charge < -0.3 is 10.6 Å². The van der Waals surface area contributed by atoms with Gasteiger partial charge in [0.15, 0.2) is 0 Å². The molecule has 0 aromatic heterocycles. The van der Waals surface area contributed by atoms with Crippen LogP contribution in [0.5, 0.6) is 0 Å². The molecular formula is C15H22F3N3. The molecule has 0 atom stereocenters. The molecule has 0 amide bonds. The first-order chi connectivity index (χ1) is 9.90. The van der Waals surface area contributed by atoms with Crippen molar-refractivity contribution in [2.24, 2.45) is 0 Å². The van der Waals surface area contributed by atoms with Crippen molar-refractivity contribution in [3.63, 3.8) is 0 Å². The number of nitrogens with two attached hydrogens (primary N) is 1. The van der Waals surface area contributed by atoms with Crippen molar-refractivity contribution < 1.29 is 13.2 Å². The van der Waals surface area contributed by atoms with E-state index in [0.717, 1.165) is 45.2 Å². The van der Waals surface area contributed by atoms with Gasteiger partial charge in [-0.15, -0.1) is 0 Å². The summed E-state index contributed by atoms with van der Waals surface area (Å²) >= 11 is 0. The van der Waals surface area contributed by atoms with Crippen LogP contribution in [0.4, 0.5) is 18.9 Å². The zero-order chi connectivity index (χ0) is 15.5. The topological polar surface area (TPSA) is 32.5 Å². The maximum Gasteiger partial charge on any atom is 0.416 e. The molecule has 1 aliphatic rings. The zero-order valence-corrected chi connectivity index (χ0v) is 12.3. The van der Waals surface area contributed by atoms with Crippen molar-refractivity contribution in [2.45, 2.75) is 26.1 Å². The van der Waals surface area contributed by atoms with E-state index in [1.165, 1.54) is 6.07 Å². The molecule has 0 unspecified atom stereocenters. The number of hydrogen-bond acceptors (Lipinski definition) is 3. The Balaban J connectivity index is 2.12. The summed E-state index contributed by atoms with van der Waals surface area (Å²) in [5.41, 5.74) is 5.35. The summed E-state index contributed by atoms with van der Waals surface area (Å²) in [6, 6.07) is 4.08. The number of nitrogen functional groups attached to an aromatic ring is 1. The molecule has 1 aliphatic heterocycles. The average molecular weight is 301 g/mol. The number of halogens is 3. The Morgan fingerprint density at radius 1 is 1.10 bits per heavy atom. The molecule has 1 heterocycles. The molecule has 1 aromatic rings. The van der Waals surface area contributed by atoms with E-state index in [2.05, 4.69) is 16.7 Å². The zero-order valence-electron chi connectivity index (χ0n) is 12.3. The van der Waals surface area contributed by atoms with Gasteiger partial charge in [0.05, 0.1) is 5.56 Å². The van der Waals surface area contributed by atoms with Crippen LogP contribution in [0.3, 0.4) is 0 Å². The largest absolute Gasteiger partial charge is 0.416 e. The van der Waals surface area contributed by atoms with Crippen LogP contribution in [0.25, 0.3) is 0 Å². The van der Waals surface area contributed by atoms with Crippen LogP contribution < -0.4 is 5.73 Å². The highest BCUT2D eigenvalue weighted by atomic mass is 19.4. The standard InChI is InChI=1S/C15H22F3N3/c1-2-20-6-3-7-21(9-8-20)11-12-4-5-13(19)10-14(12)15(16,17)18/h4-5,10H,2-3,6-9,11,19H2,1H3. The van der Waals surface area contributed by atoms with E-state index in [1.807, 2.05) is 0 Å². The van der Waals surface area contributed by atoms with Gasteiger partial charge in [-0.1, -0.05) is 13.0 Å². The SMILES string of the molecule is CCN1CCCN(Cc2ccc(N)cc2C(F)(F)F)CC1. The lowest BCUT2D eigenvalue weighted by molar-refractivity contribution is -0.138. The van der Waals surface area contributed by atoms with Crippen molar-refractivity contribution in [1.29, 1.82) is 0 Å². The fourth-order valence-electron chi connectivity index (χ4n) is 2.74. The molecule has 0 spiro atoms. The van der Waals surface area contributed by atoms with Gasteiger partial charge in [-0.2, -0.15) is 13.2 Å². The molecule has 0 saturated carbocycles. The highest BCUT2D eigenvalue weighted by Crippen LogP contribution is 2.34. The first-order valence-electron chi connectivity index (χ1n) is 7.30. The van der Waals surface area contributed by atoms with E-state index in [4.69, 9.17) is 5.73 Å². The Kier molecular flexibility index (Phi) is 5.11. The summed E-state index contributed by atoms with van der Waals surface area (Å²) in [6.45, 7) is 6.98. The number of hydrogen-bond donors (Lipinski definition) is 1. The molecule has 0 bridgehead atoms. The summed E-state index contributed by atoms with van der Waals surface area (Å²) in [7, 11) is 0. The minimum absolute atomic E-state index is 0.152. The molecule has 1 fully saturated rings. The normalized spacial score (nSPS) is 18.7. The van der Waals surface area contributed by atoms with Crippen molar-refractivity contribution in [1.82, 2.24) is 9.80 Å². The van der Waals surface area contributed by atoms with Gasteiger partial charge in [0.25, 0.3) is 0 Å². The lowest BCUT2D eigenvalue weighted by Crippen LogP contribution is -2.31. The van der Waals surface area contributed by atoms with E-state index in [0.29, 0.717) is 12.1 Å². The van der Waals surface area contributed by atoms with Crippen molar-refractivity contribution in [3.8, 4) is 0 Å². The third-order valence-corrected chi connectivity index (χ3v) is 3.96. The second kappa shape index (κ2) is 6.66. The smallest absolute Gasteiger partial charge is 0.399 e. The fourth-order valence-corrected chi connectivity index (χ4v) is 2.74. The fraction of sp³-hybridized carbons (Fsp3) is 0.600. The Labute approximate surface area is 123 Å². The first kappa shape index (κ1) is 16.1. The van der Waals surface area contributed by atoms with Crippen molar-refractivity contribution >= 4 is 5.69 Å². The second-order valence-electron chi connectivity index (χ2n) is 5.48. The van der Waals surface area contributed by atoms with Gasteiger partial charge in [-0.05, 0) is 43.8 Å². The van der Waals surface area contributed by atoms with Crippen LogP contribution in [0, 0.1) is 0 Å². The Bertz CT molecular complexity index is 474. The van der Waals surface area contributed by atoms with Crippen LogP contribution in [-0.2, 0) is 12.7 Å². The van der Waals surface area contributed by atoms with Crippen LogP contribution in [-0.4, -0.2) is 42.5 Å². The van der Waals surface area contributed by atoms with E-state index >= 15 is 0 Å². The molecule has 2 N–H and O–H groups in total. The van der Waals surface area contributed by atoms with E-state index < -0.39 is 11.7 Å². The van der Waals surface area contributed by atoms with E-state index in [1.54, 1.807) is 6.07 Å². The predicted molar refractivity (Wildman–Crippen MR) is 77.9 cm³/mol. The predicted octanol–water partition coefficient (Wildman–Crippen LogP) is 2.82. The lowest BCUT2D eigenvalue weighted by atomic mass is 10.1. The van der Waals surface area contributed by atoms with Crippen molar-refractivity contribution in [2.75, 3.05) is 38.5 Å². The molecule has 118 valence electrons. The third-order valence-electron chi connectivity index (χ3n) is 3.96. The first-order valence-corrected chi connectivity index (χ1v) is 7.30. The number of rotatable bonds is 3. The molecule has 21 heavy (non-hydrogen) atoms. The molecule has 6 heteroatoms. The molecule has 2 rings (SSSR count). The van der Waals surface area contributed by atoms with Crippen molar-refractivity contribution in [3.05, 3.63) is 29.3 Å². The number of benzene rings is 1.